The summed E-state index contributed by atoms with van der Waals surface area (Å²) >= 11 is 0. The Bertz CT molecular complexity index is 606. The van der Waals surface area contributed by atoms with Crippen molar-refractivity contribution in [3.63, 3.8) is 0 Å². The average molecular weight is 260 g/mol. The van der Waals surface area contributed by atoms with E-state index in [2.05, 4.69) is 10.6 Å². The zero-order valence-electron chi connectivity index (χ0n) is 10.9. The molecule has 0 saturated heterocycles. The molecule has 2 N–H and O–H groups in total. The van der Waals surface area contributed by atoms with Gasteiger partial charge in [-0.05, 0) is 43.0 Å². The van der Waals surface area contributed by atoms with E-state index >= 15 is 0 Å². The largest absolute Gasteiger partial charge is 0.494 e. The van der Waals surface area contributed by atoms with E-state index in [0.29, 0.717) is 0 Å². The molecule has 19 heavy (non-hydrogen) atoms. The van der Waals surface area contributed by atoms with Crippen molar-refractivity contribution in [2.75, 3.05) is 7.11 Å². The summed E-state index contributed by atoms with van der Waals surface area (Å²) in [6, 6.07) is 7.10. The fourth-order valence-electron chi connectivity index (χ4n) is 2.77. The number of benzene rings is 1. The molecule has 1 aliphatic carbocycles. The van der Waals surface area contributed by atoms with Crippen molar-refractivity contribution in [2.45, 2.75) is 25.3 Å². The minimum absolute atomic E-state index is 0.118. The van der Waals surface area contributed by atoms with Crippen molar-refractivity contribution in [3.8, 4) is 11.4 Å². The van der Waals surface area contributed by atoms with Crippen LogP contribution < -0.4 is 10.5 Å². The van der Waals surface area contributed by atoms with Crippen LogP contribution in [0, 0.1) is 5.82 Å². The Morgan fingerprint density at radius 3 is 3.00 bits per heavy atom. The maximum Gasteiger partial charge on any atom is 0.165 e. The van der Waals surface area contributed by atoms with Crippen LogP contribution >= 0.6 is 0 Å². The highest BCUT2D eigenvalue weighted by molar-refractivity contribution is 5.44. The second-order valence-electron chi connectivity index (χ2n) is 4.91. The molecule has 1 aliphatic rings. The Labute approximate surface area is 111 Å². The Balaban J connectivity index is 2.08. The molecule has 4 heteroatoms. The predicted octanol–water partition coefficient (Wildman–Crippen LogP) is 2.96. The Morgan fingerprint density at radius 1 is 1.37 bits per heavy atom. The fourth-order valence-corrected chi connectivity index (χ4v) is 2.77. The zero-order valence-corrected chi connectivity index (χ0v) is 10.9. The van der Waals surface area contributed by atoms with Crippen LogP contribution in [0.5, 0.6) is 5.75 Å². The van der Waals surface area contributed by atoms with Crippen LogP contribution in [-0.2, 0) is 6.42 Å². The second kappa shape index (κ2) is 4.70. The lowest BCUT2D eigenvalue weighted by Gasteiger charge is -2.21. The quantitative estimate of drug-likeness (QED) is 0.901. The molecule has 2 aromatic rings. The van der Waals surface area contributed by atoms with Gasteiger partial charge in [0.15, 0.2) is 11.6 Å². The van der Waals surface area contributed by atoms with Crippen LogP contribution in [0.3, 0.4) is 0 Å². The van der Waals surface area contributed by atoms with Crippen molar-refractivity contribution in [1.29, 1.82) is 0 Å². The standard InChI is InChI=1S/C15H17FN2O/c1-19-15-9-10(5-6-12(15)16)18-8-7-11-13(17)3-2-4-14(11)18/h5-9,13H,2-4,17H2,1H3. The molecule has 0 amide bonds. The molecule has 100 valence electrons. The van der Waals surface area contributed by atoms with Gasteiger partial charge in [-0.15, -0.1) is 0 Å². The molecule has 1 aromatic heterocycles. The minimum atomic E-state index is -0.344. The number of fused-ring (bicyclic) bond motifs is 1. The van der Waals surface area contributed by atoms with E-state index in [4.69, 9.17) is 10.5 Å². The van der Waals surface area contributed by atoms with E-state index in [9.17, 15) is 4.39 Å². The second-order valence-corrected chi connectivity index (χ2v) is 4.91. The van der Waals surface area contributed by atoms with E-state index in [1.165, 1.54) is 24.4 Å². The highest BCUT2D eigenvalue weighted by atomic mass is 19.1. The summed E-state index contributed by atoms with van der Waals surface area (Å²) in [6.45, 7) is 0. The molecule has 0 aliphatic heterocycles. The van der Waals surface area contributed by atoms with Gasteiger partial charge in [-0.25, -0.2) is 4.39 Å². The van der Waals surface area contributed by atoms with Crippen molar-refractivity contribution in [2.24, 2.45) is 5.73 Å². The smallest absolute Gasteiger partial charge is 0.165 e. The molecule has 3 rings (SSSR count). The summed E-state index contributed by atoms with van der Waals surface area (Å²) in [4.78, 5) is 0. The van der Waals surface area contributed by atoms with Crippen LogP contribution in [0.15, 0.2) is 30.5 Å². The van der Waals surface area contributed by atoms with Crippen LogP contribution in [-0.4, -0.2) is 11.7 Å². The predicted molar refractivity (Wildman–Crippen MR) is 72.1 cm³/mol. The molecular weight excluding hydrogens is 243 g/mol. The lowest BCUT2D eigenvalue weighted by atomic mass is 9.93. The molecule has 0 radical (unpaired) electrons. The van der Waals surface area contributed by atoms with E-state index < -0.39 is 0 Å². The first-order valence-electron chi connectivity index (χ1n) is 6.50. The third-order valence-electron chi connectivity index (χ3n) is 3.77. The zero-order chi connectivity index (χ0) is 13.4. The van der Waals surface area contributed by atoms with Gasteiger partial charge in [0.2, 0.25) is 0 Å². The van der Waals surface area contributed by atoms with Gasteiger partial charge in [-0.1, -0.05) is 0 Å². The monoisotopic (exact) mass is 260 g/mol. The molecule has 1 heterocycles. The lowest BCUT2D eigenvalue weighted by molar-refractivity contribution is 0.386. The summed E-state index contributed by atoms with van der Waals surface area (Å²) in [7, 11) is 1.48. The highest BCUT2D eigenvalue weighted by Crippen LogP contribution is 2.31. The number of aromatic nitrogens is 1. The van der Waals surface area contributed by atoms with Crippen LogP contribution in [0.4, 0.5) is 4.39 Å². The highest BCUT2D eigenvalue weighted by Gasteiger charge is 2.20. The third-order valence-corrected chi connectivity index (χ3v) is 3.77. The van der Waals surface area contributed by atoms with Crippen molar-refractivity contribution in [3.05, 3.63) is 47.5 Å². The van der Waals surface area contributed by atoms with Gasteiger partial charge in [0.1, 0.15) is 0 Å². The van der Waals surface area contributed by atoms with E-state index in [1.54, 1.807) is 12.1 Å². The summed E-state index contributed by atoms with van der Waals surface area (Å²) in [5.74, 6) is -0.0796. The maximum absolute atomic E-state index is 13.5. The van der Waals surface area contributed by atoms with E-state index in [-0.39, 0.29) is 17.6 Å². The molecule has 1 aromatic carbocycles. The van der Waals surface area contributed by atoms with Crippen LogP contribution in [0.25, 0.3) is 5.69 Å². The van der Waals surface area contributed by atoms with Gasteiger partial charge in [0, 0.05) is 29.7 Å². The van der Waals surface area contributed by atoms with Crippen molar-refractivity contribution < 1.29 is 9.13 Å². The van der Waals surface area contributed by atoms with Gasteiger partial charge in [0.05, 0.1) is 7.11 Å². The molecule has 0 fully saturated rings. The summed E-state index contributed by atoms with van der Waals surface area (Å²) in [5, 5.41) is 0. The topological polar surface area (TPSA) is 40.2 Å². The van der Waals surface area contributed by atoms with E-state index in [0.717, 1.165) is 24.9 Å². The third kappa shape index (κ3) is 2.02. The number of methoxy groups -OCH3 is 1. The number of rotatable bonds is 2. The number of nitrogens with zero attached hydrogens (tertiary/aromatic N) is 1. The van der Waals surface area contributed by atoms with Gasteiger partial charge in [0.25, 0.3) is 0 Å². The lowest BCUT2D eigenvalue weighted by Crippen LogP contribution is -2.17. The summed E-state index contributed by atoms with van der Waals surface area (Å²) in [5.41, 5.74) is 9.46. The van der Waals surface area contributed by atoms with Crippen LogP contribution in [0.2, 0.25) is 0 Å². The van der Waals surface area contributed by atoms with Gasteiger partial charge >= 0.3 is 0 Å². The molecule has 1 unspecified atom stereocenters. The summed E-state index contributed by atoms with van der Waals surface area (Å²) in [6.07, 6.45) is 5.14. The number of hydrogen-bond acceptors (Lipinski definition) is 2. The number of nitrogens with two attached hydrogens (primary N) is 1. The molecule has 1 atom stereocenters. The first-order valence-corrected chi connectivity index (χ1v) is 6.50. The molecule has 0 saturated carbocycles. The molecular formula is C15H17FN2O. The number of halogens is 1. The van der Waals surface area contributed by atoms with Gasteiger partial charge < -0.3 is 15.0 Å². The minimum Gasteiger partial charge on any atom is -0.494 e. The van der Waals surface area contributed by atoms with E-state index in [1.807, 2.05) is 6.20 Å². The Morgan fingerprint density at radius 2 is 2.21 bits per heavy atom. The SMILES string of the molecule is COc1cc(-n2ccc3c2CCCC3N)ccc1F. The molecule has 3 nitrogen and oxygen atoms in total. The first-order chi connectivity index (χ1) is 9.20. The summed E-state index contributed by atoms with van der Waals surface area (Å²) < 4.78 is 20.6. The normalized spacial score (nSPS) is 18.2. The number of ether oxygens (including phenoxy) is 1. The maximum atomic E-state index is 13.5. The number of hydrogen-bond donors (Lipinski definition) is 1. The van der Waals surface area contributed by atoms with Gasteiger partial charge in [-0.3, -0.25) is 0 Å². The van der Waals surface area contributed by atoms with Gasteiger partial charge in [-0.2, -0.15) is 0 Å². The average Bonchev–Trinajstić information content (AvgIpc) is 2.85. The van der Waals surface area contributed by atoms with Crippen molar-refractivity contribution in [1.82, 2.24) is 4.57 Å². The van der Waals surface area contributed by atoms with Crippen LogP contribution in [0.1, 0.15) is 30.1 Å². The Kier molecular flexibility index (Phi) is 3.03. The Hall–Kier alpha value is -1.81. The molecule has 0 bridgehead atoms. The van der Waals surface area contributed by atoms with Crippen molar-refractivity contribution >= 4 is 0 Å². The fraction of sp³-hybridized carbons (Fsp3) is 0.333. The molecule has 0 spiro atoms. The first kappa shape index (κ1) is 12.2.